The molecule has 1 unspecified atom stereocenters. The van der Waals surface area contributed by atoms with Gasteiger partial charge in [-0.2, -0.15) is 4.98 Å². The van der Waals surface area contributed by atoms with Crippen molar-refractivity contribution in [2.24, 2.45) is 0 Å². The Morgan fingerprint density at radius 3 is 2.96 bits per heavy atom. The maximum atomic E-state index is 12.8. The number of hydrogen-bond acceptors (Lipinski definition) is 5. The number of halogens is 2. The molecule has 0 aliphatic carbocycles. The molecule has 1 atom stereocenters. The molecule has 1 N–H and O–H groups in total. The number of carbonyl (C=O) groups excluding carboxylic acids is 1. The van der Waals surface area contributed by atoms with Crippen LogP contribution in [0.5, 0.6) is 0 Å². The van der Waals surface area contributed by atoms with Crippen LogP contribution in [0, 0.1) is 0 Å². The van der Waals surface area contributed by atoms with Crippen molar-refractivity contribution < 1.29 is 9.32 Å². The van der Waals surface area contributed by atoms with Crippen molar-refractivity contribution in [1.82, 2.24) is 15.0 Å². The quantitative estimate of drug-likeness (QED) is 0.715. The summed E-state index contributed by atoms with van der Waals surface area (Å²) in [5, 5.41) is 7.85. The number of aromatic nitrogens is 2. The molecular formula is C19H24Cl2N4O2. The van der Waals surface area contributed by atoms with E-state index in [0.29, 0.717) is 28.2 Å². The fraction of sp³-hybridized carbons (Fsp3) is 0.526. The molecular weight excluding hydrogens is 387 g/mol. The number of rotatable bonds is 7. The van der Waals surface area contributed by atoms with Gasteiger partial charge in [-0.1, -0.05) is 48.1 Å². The summed E-state index contributed by atoms with van der Waals surface area (Å²) in [6.45, 7) is 3.44. The van der Waals surface area contributed by atoms with Crippen LogP contribution < -0.4 is 5.32 Å². The summed E-state index contributed by atoms with van der Waals surface area (Å²) in [6.07, 6.45) is 5.81. The van der Waals surface area contributed by atoms with Gasteiger partial charge in [0.15, 0.2) is 5.82 Å². The normalized spacial score (nSPS) is 17.8. The van der Waals surface area contributed by atoms with Crippen LogP contribution in [0.1, 0.15) is 50.7 Å². The number of nitrogens with one attached hydrogen (secondary N) is 1. The number of carbonyl (C=O) groups is 1. The number of likely N-dealkylation sites (tertiary alicyclic amines) is 1. The first-order valence-electron chi connectivity index (χ1n) is 9.38. The molecule has 2 aromatic rings. The minimum Gasteiger partial charge on any atom is -0.338 e. The van der Waals surface area contributed by atoms with Crippen LogP contribution in [0.3, 0.4) is 0 Å². The van der Waals surface area contributed by atoms with E-state index >= 15 is 0 Å². The lowest BCUT2D eigenvalue weighted by atomic mass is 10.0. The molecule has 6 nitrogen and oxygen atoms in total. The van der Waals surface area contributed by atoms with Crippen molar-refractivity contribution in [2.45, 2.75) is 58.0 Å². The van der Waals surface area contributed by atoms with Crippen molar-refractivity contribution in [3.8, 4) is 0 Å². The monoisotopic (exact) mass is 410 g/mol. The van der Waals surface area contributed by atoms with E-state index < -0.39 is 0 Å². The highest BCUT2D eigenvalue weighted by molar-refractivity contribution is 6.42. The van der Waals surface area contributed by atoms with Crippen LogP contribution in [0.15, 0.2) is 22.7 Å². The maximum Gasteiger partial charge on any atom is 0.241 e. The van der Waals surface area contributed by atoms with Crippen LogP contribution in [0.2, 0.25) is 10.0 Å². The van der Waals surface area contributed by atoms with Crippen molar-refractivity contribution in [1.29, 1.82) is 0 Å². The number of hydrogen-bond donors (Lipinski definition) is 1. The lowest BCUT2D eigenvalue weighted by Gasteiger charge is -2.33. The van der Waals surface area contributed by atoms with Crippen molar-refractivity contribution in [3.05, 3.63) is 40.0 Å². The fourth-order valence-electron chi connectivity index (χ4n) is 3.24. The molecule has 27 heavy (non-hydrogen) atoms. The number of benzene rings is 1. The van der Waals surface area contributed by atoms with Gasteiger partial charge in [0, 0.05) is 12.1 Å². The third-order valence-electron chi connectivity index (χ3n) is 4.71. The third-order valence-corrected chi connectivity index (χ3v) is 5.44. The summed E-state index contributed by atoms with van der Waals surface area (Å²) in [6, 6.07) is 4.85. The second-order valence-electron chi connectivity index (χ2n) is 6.81. The van der Waals surface area contributed by atoms with Crippen molar-refractivity contribution >= 4 is 34.8 Å². The standard InChI is InChI=1S/C19H24Cl2N4O2/c1-2-3-7-17-23-18(27-24-17)12-25-10-5-4-6-16(25)19(26)22-13-8-9-14(20)15(21)11-13/h8-9,11,16H,2-7,10,12H2,1H3,(H,22,26). The minimum absolute atomic E-state index is 0.0567. The molecule has 1 saturated heterocycles. The smallest absolute Gasteiger partial charge is 0.241 e. The summed E-state index contributed by atoms with van der Waals surface area (Å²) in [4.78, 5) is 19.4. The SMILES string of the molecule is CCCCc1noc(CN2CCCCC2C(=O)Nc2ccc(Cl)c(Cl)c2)n1. The molecule has 8 heteroatoms. The van der Waals surface area contributed by atoms with Gasteiger partial charge >= 0.3 is 0 Å². The molecule has 1 aliphatic heterocycles. The molecule has 0 saturated carbocycles. The minimum atomic E-state index is -0.237. The van der Waals surface area contributed by atoms with Crippen molar-refractivity contribution in [3.63, 3.8) is 0 Å². The van der Waals surface area contributed by atoms with Crippen LogP contribution in [0.4, 0.5) is 5.69 Å². The molecule has 2 heterocycles. The number of aryl methyl sites for hydroxylation is 1. The van der Waals surface area contributed by atoms with E-state index in [-0.39, 0.29) is 11.9 Å². The topological polar surface area (TPSA) is 71.3 Å². The zero-order valence-corrected chi connectivity index (χ0v) is 16.9. The Hall–Kier alpha value is -1.63. The van der Waals surface area contributed by atoms with Crippen LogP contribution in [-0.4, -0.2) is 33.5 Å². The van der Waals surface area contributed by atoms with Gasteiger partial charge in [0.2, 0.25) is 11.8 Å². The predicted octanol–water partition coefficient (Wildman–Crippen LogP) is 4.71. The largest absolute Gasteiger partial charge is 0.338 e. The molecule has 0 bridgehead atoms. The molecule has 1 aromatic heterocycles. The highest BCUT2D eigenvalue weighted by Crippen LogP contribution is 2.26. The van der Waals surface area contributed by atoms with Gasteiger partial charge in [-0.25, -0.2) is 0 Å². The summed E-state index contributed by atoms with van der Waals surface area (Å²) < 4.78 is 5.37. The molecule has 1 fully saturated rings. The Kier molecular flexibility index (Phi) is 7.10. The van der Waals surface area contributed by atoms with E-state index in [9.17, 15) is 4.79 Å². The average Bonchev–Trinajstić information content (AvgIpc) is 3.11. The lowest BCUT2D eigenvalue weighted by Crippen LogP contribution is -2.46. The predicted molar refractivity (Wildman–Crippen MR) is 106 cm³/mol. The molecule has 1 aliphatic rings. The Morgan fingerprint density at radius 2 is 2.19 bits per heavy atom. The van der Waals surface area contributed by atoms with Gasteiger partial charge in [-0.05, 0) is 44.0 Å². The lowest BCUT2D eigenvalue weighted by molar-refractivity contribution is -0.122. The second-order valence-corrected chi connectivity index (χ2v) is 7.62. The van der Waals surface area contributed by atoms with Crippen LogP contribution >= 0.6 is 23.2 Å². The van der Waals surface area contributed by atoms with Gasteiger partial charge in [0.25, 0.3) is 0 Å². The first kappa shape index (κ1) is 20.1. The summed E-state index contributed by atoms with van der Waals surface area (Å²) >= 11 is 12.0. The average molecular weight is 411 g/mol. The van der Waals surface area contributed by atoms with Gasteiger partial charge in [0.05, 0.1) is 22.6 Å². The van der Waals surface area contributed by atoms with Gasteiger partial charge in [0.1, 0.15) is 0 Å². The Labute approximate surface area is 169 Å². The van der Waals surface area contributed by atoms with E-state index in [2.05, 4.69) is 27.3 Å². The third kappa shape index (κ3) is 5.43. The van der Waals surface area contributed by atoms with Gasteiger partial charge in [-0.15, -0.1) is 0 Å². The second kappa shape index (κ2) is 9.53. The molecule has 1 amide bonds. The van der Waals surface area contributed by atoms with E-state index in [1.807, 2.05) is 0 Å². The summed E-state index contributed by atoms with van der Waals surface area (Å²) in [7, 11) is 0. The zero-order chi connectivity index (χ0) is 19.2. The first-order valence-corrected chi connectivity index (χ1v) is 10.1. The molecule has 0 spiro atoms. The van der Waals surface area contributed by atoms with Crippen LogP contribution in [-0.2, 0) is 17.8 Å². The summed E-state index contributed by atoms with van der Waals surface area (Å²) in [5.41, 5.74) is 0.638. The summed E-state index contributed by atoms with van der Waals surface area (Å²) in [5.74, 6) is 1.25. The van der Waals surface area contributed by atoms with Gasteiger partial charge in [-0.3, -0.25) is 9.69 Å². The Balaban J connectivity index is 1.64. The number of amides is 1. The number of nitrogens with zero attached hydrogens (tertiary/aromatic N) is 3. The van der Waals surface area contributed by atoms with E-state index in [0.717, 1.165) is 50.9 Å². The van der Waals surface area contributed by atoms with E-state index in [1.165, 1.54) is 0 Å². The molecule has 1 aromatic carbocycles. The molecule has 3 rings (SSSR count). The van der Waals surface area contributed by atoms with E-state index in [1.54, 1.807) is 18.2 Å². The van der Waals surface area contributed by atoms with E-state index in [4.69, 9.17) is 27.7 Å². The number of unbranched alkanes of at least 4 members (excludes halogenated alkanes) is 1. The maximum absolute atomic E-state index is 12.8. The zero-order valence-electron chi connectivity index (χ0n) is 15.4. The van der Waals surface area contributed by atoms with Crippen LogP contribution in [0.25, 0.3) is 0 Å². The molecule has 146 valence electrons. The highest BCUT2D eigenvalue weighted by atomic mass is 35.5. The fourth-order valence-corrected chi connectivity index (χ4v) is 3.54. The number of anilines is 1. The van der Waals surface area contributed by atoms with Gasteiger partial charge < -0.3 is 9.84 Å². The Morgan fingerprint density at radius 1 is 1.33 bits per heavy atom. The van der Waals surface area contributed by atoms with Crippen molar-refractivity contribution in [2.75, 3.05) is 11.9 Å². The first-order chi connectivity index (χ1) is 13.1. The Bertz CT molecular complexity index is 781. The number of piperidine rings is 1. The highest BCUT2D eigenvalue weighted by Gasteiger charge is 2.30. The molecule has 0 radical (unpaired) electrons.